The molecule has 0 unspecified atom stereocenters. The quantitative estimate of drug-likeness (QED) is 0.321. The Balaban J connectivity index is 4.40. The summed E-state index contributed by atoms with van der Waals surface area (Å²) in [6.07, 6.45) is 0. The molecule has 31 heavy (non-hydrogen) atoms. The van der Waals surface area contributed by atoms with Crippen LogP contribution in [0.2, 0.25) is 0 Å². The highest BCUT2D eigenvalue weighted by molar-refractivity contribution is 4.74. The predicted molar refractivity (Wildman–Crippen MR) is 140 cm³/mol. The molecular formula is C26H59N5. The molecule has 0 saturated carbocycles. The lowest BCUT2D eigenvalue weighted by atomic mass is 10.2. The first-order chi connectivity index (χ1) is 14.4. The van der Waals surface area contributed by atoms with Gasteiger partial charge in [-0.15, -0.1) is 0 Å². The van der Waals surface area contributed by atoms with Gasteiger partial charge in [0.15, 0.2) is 0 Å². The van der Waals surface area contributed by atoms with E-state index < -0.39 is 0 Å². The lowest BCUT2D eigenvalue weighted by Crippen LogP contribution is -2.47. The van der Waals surface area contributed by atoms with Crippen molar-refractivity contribution in [2.75, 3.05) is 52.4 Å². The highest BCUT2D eigenvalue weighted by atomic mass is 15.2. The van der Waals surface area contributed by atoms with Gasteiger partial charge in [-0.1, -0.05) is 0 Å². The summed E-state index contributed by atoms with van der Waals surface area (Å²) in [5.74, 6) is 0. The molecular weight excluding hydrogens is 382 g/mol. The van der Waals surface area contributed by atoms with E-state index in [9.17, 15) is 0 Å². The molecule has 0 fully saturated rings. The molecule has 0 radical (unpaired) electrons. The van der Waals surface area contributed by atoms with Crippen molar-refractivity contribution in [1.82, 2.24) is 24.9 Å². The van der Waals surface area contributed by atoms with Gasteiger partial charge in [0.25, 0.3) is 0 Å². The van der Waals surface area contributed by atoms with Crippen molar-refractivity contribution < 1.29 is 0 Å². The molecule has 1 N–H and O–H groups in total. The minimum absolute atomic E-state index is 0.591. The molecule has 0 rings (SSSR count). The fraction of sp³-hybridized carbons (Fsp3) is 1.00. The average Bonchev–Trinajstić information content (AvgIpc) is 2.62. The van der Waals surface area contributed by atoms with Crippen LogP contribution in [0.1, 0.15) is 83.1 Å². The second-order valence-corrected chi connectivity index (χ2v) is 10.9. The molecule has 5 heteroatoms. The fourth-order valence-corrected chi connectivity index (χ4v) is 4.54. The number of hydrogen-bond acceptors (Lipinski definition) is 5. The Morgan fingerprint density at radius 1 is 0.387 bits per heavy atom. The molecule has 0 aliphatic carbocycles. The van der Waals surface area contributed by atoms with E-state index in [1.807, 2.05) is 0 Å². The molecule has 0 aliphatic heterocycles. The standard InChI is InChI=1S/C26H59N5/c1-21(2)28(17-19-30(23(5)6)24(7)8)15-13-27-14-16-29(22(3)4)18-20-31(25(9)10)26(11)12/h21-27H,13-20H2,1-12H3. The van der Waals surface area contributed by atoms with Crippen molar-refractivity contribution in [2.45, 2.75) is 119 Å². The monoisotopic (exact) mass is 441 g/mol. The van der Waals surface area contributed by atoms with E-state index in [4.69, 9.17) is 0 Å². The second kappa shape index (κ2) is 16.4. The Bertz CT molecular complexity index is 366. The van der Waals surface area contributed by atoms with Crippen LogP contribution in [0.4, 0.5) is 0 Å². The van der Waals surface area contributed by atoms with Crippen molar-refractivity contribution in [2.24, 2.45) is 0 Å². The van der Waals surface area contributed by atoms with Crippen LogP contribution in [0.15, 0.2) is 0 Å². The zero-order valence-electron chi connectivity index (χ0n) is 23.4. The minimum Gasteiger partial charge on any atom is -0.314 e. The zero-order chi connectivity index (χ0) is 24.1. The molecule has 0 heterocycles. The van der Waals surface area contributed by atoms with Crippen molar-refractivity contribution in [3.05, 3.63) is 0 Å². The van der Waals surface area contributed by atoms with E-state index in [1.54, 1.807) is 0 Å². The molecule has 0 spiro atoms. The Morgan fingerprint density at radius 3 is 0.903 bits per heavy atom. The Kier molecular flexibility index (Phi) is 16.3. The van der Waals surface area contributed by atoms with Gasteiger partial charge in [-0.3, -0.25) is 19.6 Å². The summed E-state index contributed by atoms with van der Waals surface area (Å²) in [6, 6.07) is 3.61. The lowest BCUT2D eigenvalue weighted by molar-refractivity contribution is 0.126. The summed E-state index contributed by atoms with van der Waals surface area (Å²) in [7, 11) is 0. The first-order valence-corrected chi connectivity index (χ1v) is 13.1. The summed E-state index contributed by atoms with van der Waals surface area (Å²) < 4.78 is 0. The Hall–Kier alpha value is -0.200. The topological polar surface area (TPSA) is 25.0 Å². The van der Waals surface area contributed by atoms with E-state index in [1.165, 1.54) is 0 Å². The number of nitrogens with one attached hydrogen (secondary N) is 1. The van der Waals surface area contributed by atoms with Gasteiger partial charge in [0.05, 0.1) is 0 Å². The SMILES string of the molecule is CC(C)N(CCNCCN(CCN(C(C)C)C(C)C)C(C)C)CCN(C(C)C)C(C)C. The maximum Gasteiger partial charge on any atom is 0.0115 e. The number of hydrogen-bond donors (Lipinski definition) is 1. The number of nitrogens with zero attached hydrogens (tertiary/aromatic N) is 4. The molecule has 0 bridgehead atoms. The van der Waals surface area contributed by atoms with Crippen molar-refractivity contribution in [3.8, 4) is 0 Å². The van der Waals surface area contributed by atoms with Gasteiger partial charge in [0.1, 0.15) is 0 Å². The Labute approximate surface area is 196 Å². The van der Waals surface area contributed by atoms with Crippen LogP contribution in [0.5, 0.6) is 0 Å². The third-order valence-electron chi connectivity index (χ3n) is 6.56. The normalized spacial score (nSPS) is 13.4. The largest absolute Gasteiger partial charge is 0.314 e. The molecule has 0 atom stereocenters. The second-order valence-electron chi connectivity index (χ2n) is 10.9. The third kappa shape index (κ3) is 13.2. The molecule has 0 aromatic rings. The van der Waals surface area contributed by atoms with Gasteiger partial charge in [0, 0.05) is 88.6 Å². The van der Waals surface area contributed by atoms with E-state index in [0.29, 0.717) is 36.3 Å². The number of rotatable bonds is 18. The lowest BCUT2D eigenvalue weighted by Gasteiger charge is -2.35. The van der Waals surface area contributed by atoms with E-state index >= 15 is 0 Å². The van der Waals surface area contributed by atoms with E-state index in [-0.39, 0.29) is 0 Å². The zero-order valence-corrected chi connectivity index (χ0v) is 23.4. The first kappa shape index (κ1) is 30.8. The van der Waals surface area contributed by atoms with Crippen LogP contribution in [0.25, 0.3) is 0 Å². The van der Waals surface area contributed by atoms with E-state index in [2.05, 4.69) is 108 Å². The Morgan fingerprint density at radius 2 is 0.677 bits per heavy atom. The van der Waals surface area contributed by atoms with Crippen molar-refractivity contribution in [3.63, 3.8) is 0 Å². The molecule has 0 saturated heterocycles. The van der Waals surface area contributed by atoms with Crippen molar-refractivity contribution in [1.29, 1.82) is 0 Å². The van der Waals surface area contributed by atoms with Gasteiger partial charge in [0.2, 0.25) is 0 Å². The summed E-state index contributed by atoms with van der Waals surface area (Å²) >= 11 is 0. The van der Waals surface area contributed by atoms with Crippen LogP contribution < -0.4 is 5.32 Å². The summed E-state index contributed by atoms with van der Waals surface area (Å²) in [6.45, 7) is 36.7. The van der Waals surface area contributed by atoms with Crippen molar-refractivity contribution >= 4 is 0 Å². The molecule has 188 valence electrons. The minimum atomic E-state index is 0.591. The van der Waals surface area contributed by atoms with Gasteiger partial charge in [-0.2, -0.15) is 0 Å². The summed E-state index contributed by atoms with van der Waals surface area (Å²) in [5, 5.41) is 3.71. The van der Waals surface area contributed by atoms with E-state index in [0.717, 1.165) is 52.4 Å². The highest BCUT2D eigenvalue weighted by Gasteiger charge is 2.18. The molecule has 0 aliphatic rings. The first-order valence-electron chi connectivity index (χ1n) is 13.1. The average molecular weight is 442 g/mol. The maximum absolute atomic E-state index is 3.71. The maximum atomic E-state index is 3.71. The van der Waals surface area contributed by atoms with Crippen LogP contribution in [0, 0.1) is 0 Å². The smallest absolute Gasteiger partial charge is 0.0115 e. The fourth-order valence-electron chi connectivity index (χ4n) is 4.54. The summed E-state index contributed by atoms with van der Waals surface area (Å²) in [5.41, 5.74) is 0. The van der Waals surface area contributed by atoms with Crippen LogP contribution >= 0.6 is 0 Å². The predicted octanol–water partition coefficient (Wildman–Crippen LogP) is 4.23. The molecule has 5 nitrogen and oxygen atoms in total. The van der Waals surface area contributed by atoms with Gasteiger partial charge >= 0.3 is 0 Å². The van der Waals surface area contributed by atoms with Gasteiger partial charge in [-0.25, -0.2) is 0 Å². The van der Waals surface area contributed by atoms with Crippen LogP contribution in [-0.4, -0.2) is 108 Å². The van der Waals surface area contributed by atoms with Crippen LogP contribution in [0.3, 0.4) is 0 Å². The van der Waals surface area contributed by atoms with Gasteiger partial charge < -0.3 is 5.32 Å². The summed E-state index contributed by atoms with van der Waals surface area (Å²) in [4.78, 5) is 10.4. The molecule has 0 aromatic heterocycles. The van der Waals surface area contributed by atoms with Crippen LogP contribution in [-0.2, 0) is 0 Å². The van der Waals surface area contributed by atoms with Gasteiger partial charge in [-0.05, 0) is 83.1 Å². The highest BCUT2D eigenvalue weighted by Crippen LogP contribution is 2.08. The molecule has 0 aromatic carbocycles. The third-order valence-corrected chi connectivity index (χ3v) is 6.56. The molecule has 0 amide bonds.